The quantitative estimate of drug-likeness (QED) is 0.671. The van der Waals surface area contributed by atoms with Crippen LogP contribution in [0.15, 0.2) is 54.6 Å². The molecule has 3 rings (SSSR count). The highest BCUT2D eigenvalue weighted by Gasteiger charge is 2.05. The van der Waals surface area contributed by atoms with Crippen molar-refractivity contribution in [2.24, 2.45) is 0 Å². The molecule has 118 valence electrons. The standard InChI is InChI=1S/C17H17N3O2S/c1-21-14-8-5-9-15(12-14)22-11-10-18-17-19-16(20-23-17)13-6-3-2-4-7-13/h2-9,12H,10-11H2,1H3,(H,18,19,20). The first-order valence-electron chi connectivity index (χ1n) is 7.25. The average Bonchev–Trinajstić information content (AvgIpc) is 3.09. The van der Waals surface area contributed by atoms with Crippen LogP contribution in [0.2, 0.25) is 0 Å². The van der Waals surface area contributed by atoms with Crippen LogP contribution >= 0.6 is 11.5 Å². The zero-order chi connectivity index (χ0) is 15.9. The topological polar surface area (TPSA) is 56.3 Å². The van der Waals surface area contributed by atoms with E-state index < -0.39 is 0 Å². The highest BCUT2D eigenvalue weighted by atomic mass is 32.1. The summed E-state index contributed by atoms with van der Waals surface area (Å²) in [5.41, 5.74) is 1.02. The zero-order valence-corrected chi connectivity index (χ0v) is 13.5. The predicted octanol–water partition coefficient (Wildman–Crippen LogP) is 3.70. The summed E-state index contributed by atoms with van der Waals surface area (Å²) in [6.45, 7) is 1.19. The van der Waals surface area contributed by atoms with Crippen LogP contribution < -0.4 is 14.8 Å². The summed E-state index contributed by atoms with van der Waals surface area (Å²) in [7, 11) is 1.64. The summed E-state index contributed by atoms with van der Waals surface area (Å²) in [5.74, 6) is 2.31. The minimum absolute atomic E-state index is 0.535. The molecule has 6 heteroatoms. The van der Waals surface area contributed by atoms with Crippen molar-refractivity contribution >= 4 is 16.7 Å². The Morgan fingerprint density at radius 1 is 1.04 bits per heavy atom. The number of nitrogens with one attached hydrogen (secondary N) is 1. The van der Waals surface area contributed by atoms with Gasteiger partial charge in [0.25, 0.3) is 0 Å². The summed E-state index contributed by atoms with van der Waals surface area (Å²) in [4.78, 5) is 4.47. The Morgan fingerprint density at radius 2 is 1.87 bits per heavy atom. The molecule has 0 aliphatic rings. The lowest BCUT2D eigenvalue weighted by atomic mass is 10.2. The molecule has 0 fully saturated rings. The fourth-order valence-electron chi connectivity index (χ4n) is 2.02. The molecule has 3 aromatic rings. The number of ether oxygens (including phenoxy) is 2. The molecule has 0 saturated carbocycles. The molecule has 0 saturated heterocycles. The molecule has 0 spiro atoms. The molecule has 0 aliphatic carbocycles. The van der Waals surface area contributed by atoms with Gasteiger partial charge in [-0.1, -0.05) is 36.4 Å². The Hall–Kier alpha value is -2.60. The number of benzene rings is 2. The van der Waals surface area contributed by atoms with Gasteiger partial charge >= 0.3 is 0 Å². The first kappa shape index (κ1) is 15.3. The zero-order valence-electron chi connectivity index (χ0n) is 12.7. The Labute approximate surface area is 139 Å². The summed E-state index contributed by atoms with van der Waals surface area (Å²) < 4.78 is 15.2. The molecule has 1 heterocycles. The lowest BCUT2D eigenvalue weighted by molar-refractivity contribution is 0.329. The third-order valence-corrected chi connectivity index (χ3v) is 3.82. The van der Waals surface area contributed by atoms with Gasteiger partial charge in [-0.2, -0.15) is 9.36 Å². The smallest absolute Gasteiger partial charge is 0.203 e. The predicted molar refractivity (Wildman–Crippen MR) is 92.3 cm³/mol. The monoisotopic (exact) mass is 327 g/mol. The van der Waals surface area contributed by atoms with Crippen molar-refractivity contribution in [1.82, 2.24) is 9.36 Å². The van der Waals surface area contributed by atoms with E-state index in [1.54, 1.807) is 7.11 Å². The molecule has 5 nitrogen and oxygen atoms in total. The molecule has 0 radical (unpaired) electrons. The van der Waals surface area contributed by atoms with Crippen LogP contribution in [0.1, 0.15) is 0 Å². The molecule has 0 amide bonds. The number of hydrogen-bond acceptors (Lipinski definition) is 6. The van der Waals surface area contributed by atoms with E-state index >= 15 is 0 Å². The van der Waals surface area contributed by atoms with E-state index in [0.717, 1.165) is 28.0 Å². The second-order valence-corrected chi connectivity index (χ2v) is 5.50. The van der Waals surface area contributed by atoms with Crippen LogP contribution in [-0.2, 0) is 0 Å². The number of rotatable bonds is 7. The fourth-order valence-corrected chi connectivity index (χ4v) is 2.63. The van der Waals surface area contributed by atoms with E-state index in [1.807, 2.05) is 54.6 Å². The lowest BCUT2D eigenvalue weighted by Crippen LogP contribution is -2.11. The van der Waals surface area contributed by atoms with Crippen molar-refractivity contribution < 1.29 is 9.47 Å². The maximum Gasteiger partial charge on any atom is 0.203 e. The third kappa shape index (κ3) is 4.20. The maximum atomic E-state index is 5.68. The van der Waals surface area contributed by atoms with Gasteiger partial charge in [-0.05, 0) is 12.1 Å². The molecule has 1 aromatic heterocycles. The molecule has 0 aliphatic heterocycles. The van der Waals surface area contributed by atoms with Gasteiger partial charge in [-0.3, -0.25) is 0 Å². The lowest BCUT2D eigenvalue weighted by Gasteiger charge is -2.07. The summed E-state index contributed by atoms with van der Waals surface area (Å²) in [5, 5.41) is 4.01. The Balaban J connectivity index is 1.48. The van der Waals surface area contributed by atoms with Gasteiger partial charge in [0.05, 0.1) is 13.7 Å². The van der Waals surface area contributed by atoms with Crippen LogP contribution in [-0.4, -0.2) is 29.6 Å². The highest BCUT2D eigenvalue weighted by Crippen LogP contribution is 2.21. The van der Waals surface area contributed by atoms with Crippen molar-refractivity contribution in [3.8, 4) is 22.9 Å². The second kappa shape index (κ2) is 7.60. The molecule has 0 unspecified atom stereocenters. The molecule has 2 aromatic carbocycles. The Morgan fingerprint density at radius 3 is 2.70 bits per heavy atom. The minimum Gasteiger partial charge on any atom is -0.497 e. The number of aromatic nitrogens is 2. The summed E-state index contributed by atoms with van der Waals surface area (Å²) in [6.07, 6.45) is 0. The minimum atomic E-state index is 0.535. The van der Waals surface area contributed by atoms with E-state index in [9.17, 15) is 0 Å². The van der Waals surface area contributed by atoms with E-state index in [2.05, 4.69) is 14.7 Å². The van der Waals surface area contributed by atoms with Gasteiger partial charge in [0.15, 0.2) is 5.82 Å². The van der Waals surface area contributed by atoms with Crippen LogP contribution in [0.4, 0.5) is 5.13 Å². The number of anilines is 1. The third-order valence-electron chi connectivity index (χ3n) is 3.15. The van der Waals surface area contributed by atoms with Gasteiger partial charge in [0.1, 0.15) is 18.1 Å². The van der Waals surface area contributed by atoms with Gasteiger partial charge in [-0.15, -0.1) is 0 Å². The SMILES string of the molecule is COc1cccc(OCCNc2nc(-c3ccccc3)ns2)c1. The number of methoxy groups -OCH3 is 1. The van der Waals surface area contributed by atoms with Gasteiger partial charge in [0.2, 0.25) is 5.13 Å². The Bertz CT molecular complexity index is 746. The van der Waals surface area contributed by atoms with Gasteiger partial charge < -0.3 is 14.8 Å². The summed E-state index contributed by atoms with van der Waals surface area (Å²) >= 11 is 1.35. The largest absolute Gasteiger partial charge is 0.497 e. The van der Waals surface area contributed by atoms with E-state index in [4.69, 9.17) is 9.47 Å². The average molecular weight is 327 g/mol. The van der Waals surface area contributed by atoms with Crippen molar-refractivity contribution in [1.29, 1.82) is 0 Å². The summed E-state index contributed by atoms with van der Waals surface area (Å²) in [6, 6.07) is 17.5. The van der Waals surface area contributed by atoms with E-state index in [0.29, 0.717) is 13.2 Å². The second-order valence-electron chi connectivity index (χ2n) is 4.74. The van der Waals surface area contributed by atoms with Crippen molar-refractivity contribution in [3.63, 3.8) is 0 Å². The van der Waals surface area contributed by atoms with Crippen LogP contribution in [0.25, 0.3) is 11.4 Å². The molecule has 1 N–H and O–H groups in total. The van der Waals surface area contributed by atoms with Gasteiger partial charge in [-0.25, -0.2) is 0 Å². The van der Waals surface area contributed by atoms with Crippen molar-refractivity contribution in [3.05, 3.63) is 54.6 Å². The molecule has 0 atom stereocenters. The highest BCUT2D eigenvalue weighted by molar-refractivity contribution is 7.09. The Kier molecular flexibility index (Phi) is 5.06. The first-order chi connectivity index (χ1) is 11.3. The van der Waals surface area contributed by atoms with Crippen LogP contribution in [0.5, 0.6) is 11.5 Å². The molecule has 0 bridgehead atoms. The van der Waals surface area contributed by atoms with Crippen molar-refractivity contribution in [2.75, 3.05) is 25.6 Å². The number of hydrogen-bond donors (Lipinski definition) is 1. The van der Waals surface area contributed by atoms with Crippen LogP contribution in [0.3, 0.4) is 0 Å². The molecular formula is C17H17N3O2S. The van der Waals surface area contributed by atoms with E-state index in [1.165, 1.54) is 11.5 Å². The van der Waals surface area contributed by atoms with Crippen molar-refractivity contribution in [2.45, 2.75) is 0 Å². The molecular weight excluding hydrogens is 310 g/mol. The maximum absolute atomic E-state index is 5.68. The number of nitrogens with zero attached hydrogens (tertiary/aromatic N) is 2. The fraction of sp³-hybridized carbons (Fsp3) is 0.176. The van der Waals surface area contributed by atoms with Gasteiger partial charge in [0, 0.05) is 23.2 Å². The van der Waals surface area contributed by atoms with Crippen LogP contribution in [0, 0.1) is 0 Å². The normalized spacial score (nSPS) is 10.3. The molecule has 23 heavy (non-hydrogen) atoms. The van der Waals surface area contributed by atoms with E-state index in [-0.39, 0.29) is 0 Å². The first-order valence-corrected chi connectivity index (χ1v) is 8.02.